The largest absolute Gasteiger partial charge is 0.493 e. The fraction of sp³-hybridized carbons (Fsp3) is 0.400. The summed E-state index contributed by atoms with van der Waals surface area (Å²) in [5.74, 6) is 0.971. The van der Waals surface area contributed by atoms with Gasteiger partial charge >= 0.3 is 0 Å². The van der Waals surface area contributed by atoms with E-state index in [0.29, 0.717) is 19.6 Å². The predicted molar refractivity (Wildman–Crippen MR) is 118 cm³/mol. The number of anilines is 1. The third kappa shape index (κ3) is 3.11. The van der Waals surface area contributed by atoms with Crippen molar-refractivity contribution in [1.82, 2.24) is 5.32 Å². The number of benzene rings is 2. The maximum atomic E-state index is 12.5. The molecular formula is C25H30N2O2. The molecule has 1 atom stereocenters. The molecule has 29 heavy (non-hydrogen) atoms. The van der Waals surface area contributed by atoms with E-state index >= 15 is 0 Å². The standard InChI is InChI=1S/C25H30N2O2/c1-5-16-29-22-9-7-6-8-19(22)12-14-25-24(3,4)20-17-18(2)10-11-21(20)27(25)15-13-23(28)26-25/h6-12,14,17H,5,13,15-16H2,1-4H3,(H,26,28)/b14-12+. The monoisotopic (exact) mass is 390 g/mol. The molecule has 1 amide bonds. The molecule has 1 saturated heterocycles. The van der Waals surface area contributed by atoms with Crippen molar-refractivity contribution in [3.63, 3.8) is 0 Å². The fourth-order valence-electron chi connectivity index (χ4n) is 4.64. The number of ether oxygens (including phenoxy) is 1. The van der Waals surface area contributed by atoms with E-state index in [0.717, 1.165) is 17.7 Å². The highest BCUT2D eigenvalue weighted by Crippen LogP contribution is 2.52. The highest BCUT2D eigenvalue weighted by molar-refractivity contribution is 5.85. The third-order valence-electron chi connectivity index (χ3n) is 6.27. The Morgan fingerprint density at radius 1 is 1.21 bits per heavy atom. The Bertz CT molecular complexity index is 963. The SMILES string of the molecule is CCCOc1ccccc1/C=C/C12NC(=O)CCN1c1ccc(C)cc1C2(C)C. The van der Waals surface area contributed by atoms with Crippen molar-refractivity contribution < 1.29 is 9.53 Å². The zero-order valence-corrected chi connectivity index (χ0v) is 17.8. The van der Waals surface area contributed by atoms with Crippen LogP contribution >= 0.6 is 0 Å². The molecule has 0 spiro atoms. The van der Waals surface area contributed by atoms with E-state index < -0.39 is 5.66 Å². The van der Waals surface area contributed by atoms with Crippen molar-refractivity contribution in [3.8, 4) is 5.75 Å². The molecular weight excluding hydrogens is 360 g/mol. The second-order valence-corrected chi connectivity index (χ2v) is 8.58. The number of aryl methyl sites for hydroxylation is 1. The lowest BCUT2D eigenvalue weighted by Gasteiger charge is -2.49. The molecule has 1 unspecified atom stereocenters. The van der Waals surface area contributed by atoms with Crippen LogP contribution in [0.2, 0.25) is 0 Å². The Morgan fingerprint density at radius 3 is 2.79 bits per heavy atom. The molecule has 2 heterocycles. The maximum absolute atomic E-state index is 12.5. The van der Waals surface area contributed by atoms with E-state index in [1.165, 1.54) is 16.8 Å². The molecule has 0 saturated carbocycles. The fourth-order valence-corrected chi connectivity index (χ4v) is 4.64. The van der Waals surface area contributed by atoms with Gasteiger partial charge in [-0.05, 0) is 37.1 Å². The van der Waals surface area contributed by atoms with Gasteiger partial charge in [-0.25, -0.2) is 0 Å². The Morgan fingerprint density at radius 2 is 2.00 bits per heavy atom. The number of rotatable bonds is 5. The quantitative estimate of drug-likeness (QED) is 0.796. The van der Waals surface area contributed by atoms with Gasteiger partial charge in [-0.3, -0.25) is 4.79 Å². The Labute approximate surface area is 173 Å². The van der Waals surface area contributed by atoms with Crippen LogP contribution in [-0.2, 0) is 10.2 Å². The summed E-state index contributed by atoms with van der Waals surface area (Å²) in [5, 5.41) is 3.34. The number of para-hydroxylation sites is 1. The number of fused-ring (bicyclic) bond motifs is 3. The van der Waals surface area contributed by atoms with Crippen molar-refractivity contribution in [2.45, 2.75) is 51.6 Å². The lowest BCUT2D eigenvalue weighted by atomic mass is 9.74. The molecule has 2 aliphatic heterocycles. The first-order chi connectivity index (χ1) is 13.9. The van der Waals surface area contributed by atoms with E-state index in [-0.39, 0.29) is 11.3 Å². The number of hydrogen-bond donors (Lipinski definition) is 1. The Kier molecular flexibility index (Phi) is 4.89. The van der Waals surface area contributed by atoms with E-state index in [4.69, 9.17) is 4.74 Å². The van der Waals surface area contributed by atoms with Gasteiger partial charge in [0.25, 0.3) is 0 Å². The van der Waals surface area contributed by atoms with Gasteiger partial charge in [-0.1, -0.05) is 62.7 Å². The molecule has 4 heteroatoms. The van der Waals surface area contributed by atoms with Crippen LogP contribution in [0.5, 0.6) is 5.75 Å². The zero-order chi connectivity index (χ0) is 20.6. The van der Waals surface area contributed by atoms with Gasteiger partial charge in [0.1, 0.15) is 11.4 Å². The summed E-state index contributed by atoms with van der Waals surface area (Å²) in [5.41, 5.74) is 3.87. The second kappa shape index (κ2) is 7.25. The van der Waals surface area contributed by atoms with Crippen LogP contribution in [0.4, 0.5) is 5.69 Å². The minimum Gasteiger partial charge on any atom is -0.493 e. The van der Waals surface area contributed by atoms with E-state index in [1.54, 1.807) is 0 Å². The molecule has 1 fully saturated rings. The molecule has 0 aromatic heterocycles. The van der Waals surface area contributed by atoms with Crippen molar-refractivity contribution in [2.24, 2.45) is 0 Å². The molecule has 2 aliphatic rings. The molecule has 1 N–H and O–H groups in total. The van der Waals surface area contributed by atoms with Crippen LogP contribution in [0.15, 0.2) is 48.5 Å². The van der Waals surface area contributed by atoms with Crippen molar-refractivity contribution in [3.05, 3.63) is 65.2 Å². The average molecular weight is 391 g/mol. The van der Waals surface area contributed by atoms with E-state index in [9.17, 15) is 4.79 Å². The molecule has 2 aromatic rings. The van der Waals surface area contributed by atoms with Gasteiger partial charge in [0.2, 0.25) is 5.91 Å². The first kappa shape index (κ1) is 19.6. The highest BCUT2D eigenvalue weighted by atomic mass is 16.5. The summed E-state index contributed by atoms with van der Waals surface area (Å²) in [6.07, 6.45) is 5.74. The lowest BCUT2D eigenvalue weighted by molar-refractivity contribution is -0.124. The third-order valence-corrected chi connectivity index (χ3v) is 6.27. The Balaban J connectivity index is 1.80. The van der Waals surface area contributed by atoms with Crippen LogP contribution in [-0.4, -0.2) is 24.7 Å². The van der Waals surface area contributed by atoms with Gasteiger partial charge in [0.15, 0.2) is 0 Å². The van der Waals surface area contributed by atoms with Crippen molar-refractivity contribution >= 4 is 17.7 Å². The summed E-state index contributed by atoms with van der Waals surface area (Å²) in [6, 6.07) is 14.7. The van der Waals surface area contributed by atoms with Gasteiger partial charge < -0.3 is 15.0 Å². The average Bonchev–Trinajstić information content (AvgIpc) is 2.89. The normalized spacial score (nSPS) is 22.3. The number of amides is 1. The summed E-state index contributed by atoms with van der Waals surface area (Å²) in [7, 11) is 0. The van der Waals surface area contributed by atoms with Crippen LogP contribution in [0.3, 0.4) is 0 Å². The molecule has 2 aromatic carbocycles. The first-order valence-electron chi connectivity index (χ1n) is 10.5. The number of nitrogens with one attached hydrogen (secondary N) is 1. The molecule has 152 valence electrons. The van der Waals surface area contributed by atoms with Crippen LogP contribution < -0.4 is 15.0 Å². The first-order valence-corrected chi connectivity index (χ1v) is 10.5. The van der Waals surface area contributed by atoms with Crippen molar-refractivity contribution in [1.29, 1.82) is 0 Å². The summed E-state index contributed by atoms with van der Waals surface area (Å²) in [4.78, 5) is 14.9. The smallest absolute Gasteiger partial charge is 0.223 e. The summed E-state index contributed by atoms with van der Waals surface area (Å²) in [6.45, 7) is 10.1. The minimum absolute atomic E-state index is 0.0963. The van der Waals surface area contributed by atoms with Gasteiger partial charge in [-0.2, -0.15) is 0 Å². The topological polar surface area (TPSA) is 41.6 Å². The van der Waals surface area contributed by atoms with Crippen LogP contribution in [0.1, 0.15) is 50.3 Å². The van der Waals surface area contributed by atoms with Crippen LogP contribution in [0, 0.1) is 6.92 Å². The van der Waals surface area contributed by atoms with Gasteiger partial charge in [0, 0.05) is 29.6 Å². The minimum atomic E-state index is -0.601. The maximum Gasteiger partial charge on any atom is 0.223 e. The molecule has 0 aliphatic carbocycles. The number of carbonyl (C=O) groups excluding carboxylic acids is 1. The lowest BCUT2D eigenvalue weighted by Crippen LogP contribution is -2.68. The number of nitrogens with zero attached hydrogens (tertiary/aromatic N) is 1. The number of carbonyl (C=O) groups is 1. The highest BCUT2D eigenvalue weighted by Gasteiger charge is 2.57. The predicted octanol–water partition coefficient (Wildman–Crippen LogP) is 4.81. The van der Waals surface area contributed by atoms with Gasteiger partial charge in [-0.15, -0.1) is 0 Å². The van der Waals surface area contributed by atoms with Crippen molar-refractivity contribution in [2.75, 3.05) is 18.1 Å². The molecule has 4 nitrogen and oxygen atoms in total. The summed E-state index contributed by atoms with van der Waals surface area (Å²) >= 11 is 0. The zero-order valence-electron chi connectivity index (χ0n) is 17.8. The molecule has 4 rings (SSSR count). The second-order valence-electron chi connectivity index (χ2n) is 8.58. The van der Waals surface area contributed by atoms with E-state index in [1.807, 2.05) is 18.2 Å². The van der Waals surface area contributed by atoms with E-state index in [2.05, 4.69) is 74.3 Å². The van der Waals surface area contributed by atoms with Crippen LogP contribution in [0.25, 0.3) is 6.08 Å². The number of hydrogen-bond acceptors (Lipinski definition) is 3. The Hall–Kier alpha value is -2.75. The van der Waals surface area contributed by atoms with Gasteiger partial charge in [0.05, 0.1) is 6.61 Å². The summed E-state index contributed by atoms with van der Waals surface area (Å²) < 4.78 is 5.93. The molecule has 0 radical (unpaired) electrons. The molecule has 0 bridgehead atoms.